The zero-order valence-corrected chi connectivity index (χ0v) is 23.8. The summed E-state index contributed by atoms with van der Waals surface area (Å²) in [5.74, 6) is 0. The molecule has 0 saturated heterocycles. The summed E-state index contributed by atoms with van der Waals surface area (Å²) >= 11 is 0. The minimum absolute atomic E-state index is 0.0574. The van der Waals surface area contributed by atoms with Crippen molar-refractivity contribution in [3.63, 3.8) is 0 Å². The third-order valence-electron chi connectivity index (χ3n) is 8.88. The summed E-state index contributed by atoms with van der Waals surface area (Å²) < 4.78 is 75.6. The standard InChI is InChI=1S/C42H27N3/c1-2-13-28(14-3-1)43-38-22-11-7-18-33(38)42-40(43)23-12-24-41(42)45-37-21-10-6-17-32(37)34-27-29(25-26-39(34)45)44-35-19-8-4-15-30(35)31-16-5-9-20-36(31)44/h1-27H/i4D,5D,8D,9D,15D,16D,19D,20D. The van der Waals surface area contributed by atoms with E-state index in [0.717, 1.165) is 55.0 Å². The van der Waals surface area contributed by atoms with Crippen molar-refractivity contribution < 1.29 is 11.0 Å². The van der Waals surface area contributed by atoms with Crippen LogP contribution in [0.15, 0.2) is 164 Å². The molecule has 0 atom stereocenters. The van der Waals surface area contributed by atoms with Crippen LogP contribution < -0.4 is 0 Å². The van der Waals surface area contributed by atoms with Gasteiger partial charge < -0.3 is 13.7 Å². The van der Waals surface area contributed by atoms with E-state index < -0.39 is 24.2 Å². The number of aromatic nitrogens is 3. The summed E-state index contributed by atoms with van der Waals surface area (Å²) in [6.07, 6.45) is 0. The Balaban J connectivity index is 1.33. The van der Waals surface area contributed by atoms with Gasteiger partial charge in [0.25, 0.3) is 0 Å². The molecular formula is C42H27N3. The number of para-hydroxylation sites is 5. The van der Waals surface area contributed by atoms with Crippen LogP contribution in [0.2, 0.25) is 0 Å². The molecule has 7 aromatic carbocycles. The van der Waals surface area contributed by atoms with E-state index in [1.807, 2.05) is 48.5 Å². The molecule has 0 aliphatic heterocycles. The van der Waals surface area contributed by atoms with Crippen LogP contribution in [0, 0.1) is 0 Å². The molecule has 0 N–H and O–H groups in total. The van der Waals surface area contributed by atoms with E-state index in [1.165, 1.54) is 0 Å². The smallest absolute Gasteiger partial charge is 0.0645 e. The number of benzene rings is 7. The molecule has 0 bridgehead atoms. The molecule has 3 aromatic heterocycles. The molecular weight excluding hydrogens is 546 g/mol. The first kappa shape index (κ1) is 17.9. The van der Waals surface area contributed by atoms with Gasteiger partial charge in [0.2, 0.25) is 0 Å². The van der Waals surface area contributed by atoms with Gasteiger partial charge in [-0.1, -0.05) is 96.9 Å². The molecule has 0 aliphatic rings. The quantitative estimate of drug-likeness (QED) is 0.197. The molecule has 0 unspecified atom stereocenters. The Morgan fingerprint density at radius 3 is 1.69 bits per heavy atom. The molecule has 0 fully saturated rings. The van der Waals surface area contributed by atoms with E-state index in [9.17, 15) is 0 Å². The van der Waals surface area contributed by atoms with Crippen LogP contribution >= 0.6 is 0 Å². The van der Waals surface area contributed by atoms with Gasteiger partial charge in [-0.3, -0.25) is 0 Å². The highest BCUT2D eigenvalue weighted by atomic mass is 15.0. The minimum atomic E-state index is -0.463. The van der Waals surface area contributed by atoms with E-state index in [0.29, 0.717) is 5.69 Å². The Morgan fingerprint density at radius 2 is 0.933 bits per heavy atom. The number of rotatable bonds is 3. The summed E-state index contributed by atoms with van der Waals surface area (Å²) in [4.78, 5) is 0. The lowest BCUT2D eigenvalue weighted by atomic mass is 10.1. The van der Waals surface area contributed by atoms with Crippen molar-refractivity contribution in [3.8, 4) is 17.1 Å². The highest BCUT2D eigenvalue weighted by molar-refractivity contribution is 6.17. The van der Waals surface area contributed by atoms with Crippen LogP contribution in [0.4, 0.5) is 0 Å². The SMILES string of the molecule is [2H]c1c([2H])c([2H])c2c(c1[2H])c1c([2H])c([2H])c([2H])c([2H])c1n2-c1ccc2c(c1)c1ccccc1n2-c1cccc2c1c1ccccc1n2-c1ccccc1. The van der Waals surface area contributed by atoms with Crippen molar-refractivity contribution in [1.82, 2.24) is 13.7 Å². The van der Waals surface area contributed by atoms with Crippen LogP contribution in [0.5, 0.6) is 0 Å². The molecule has 3 heteroatoms. The highest BCUT2D eigenvalue weighted by Crippen LogP contribution is 2.41. The zero-order chi connectivity index (χ0) is 36.4. The van der Waals surface area contributed by atoms with Crippen LogP contribution in [0.1, 0.15) is 11.0 Å². The lowest BCUT2D eigenvalue weighted by Gasteiger charge is -2.12. The molecule has 3 heterocycles. The van der Waals surface area contributed by atoms with Crippen molar-refractivity contribution in [2.24, 2.45) is 0 Å². The van der Waals surface area contributed by atoms with Gasteiger partial charge in [0.15, 0.2) is 0 Å². The molecule has 0 amide bonds. The van der Waals surface area contributed by atoms with E-state index in [-0.39, 0.29) is 46.0 Å². The number of hydrogen-bond acceptors (Lipinski definition) is 0. The maximum Gasteiger partial charge on any atom is 0.0645 e. The van der Waals surface area contributed by atoms with Gasteiger partial charge in [0.05, 0.1) is 49.8 Å². The van der Waals surface area contributed by atoms with Crippen molar-refractivity contribution in [3.05, 3.63) is 164 Å². The topological polar surface area (TPSA) is 14.8 Å². The third kappa shape index (κ3) is 3.35. The van der Waals surface area contributed by atoms with Gasteiger partial charge in [-0.05, 0) is 66.7 Å². The second kappa shape index (κ2) is 9.22. The predicted molar refractivity (Wildman–Crippen MR) is 189 cm³/mol. The van der Waals surface area contributed by atoms with Crippen LogP contribution in [-0.2, 0) is 0 Å². The Morgan fingerprint density at radius 1 is 0.356 bits per heavy atom. The maximum atomic E-state index is 8.98. The van der Waals surface area contributed by atoms with Gasteiger partial charge in [0.1, 0.15) is 0 Å². The molecule has 10 aromatic rings. The highest BCUT2D eigenvalue weighted by Gasteiger charge is 2.20. The van der Waals surface area contributed by atoms with E-state index in [4.69, 9.17) is 11.0 Å². The Hall–Kier alpha value is -6.06. The molecule has 10 rings (SSSR count). The number of hydrogen-bond donors (Lipinski definition) is 0. The van der Waals surface area contributed by atoms with Gasteiger partial charge >= 0.3 is 0 Å². The van der Waals surface area contributed by atoms with Gasteiger partial charge in [-0.2, -0.15) is 0 Å². The van der Waals surface area contributed by atoms with E-state index in [2.05, 4.69) is 75.9 Å². The third-order valence-corrected chi connectivity index (χ3v) is 8.88. The number of nitrogens with zero attached hydrogens (tertiary/aromatic N) is 3. The fourth-order valence-electron chi connectivity index (χ4n) is 7.08. The lowest BCUT2D eigenvalue weighted by molar-refractivity contribution is 1.16. The number of fused-ring (bicyclic) bond motifs is 9. The van der Waals surface area contributed by atoms with Crippen molar-refractivity contribution in [2.75, 3.05) is 0 Å². The maximum absolute atomic E-state index is 8.98. The summed E-state index contributed by atoms with van der Waals surface area (Å²) in [5.41, 5.74) is 6.78. The molecule has 45 heavy (non-hydrogen) atoms. The Bertz CT molecular complexity index is 3130. The molecule has 0 spiro atoms. The van der Waals surface area contributed by atoms with Gasteiger partial charge in [-0.15, -0.1) is 0 Å². The van der Waals surface area contributed by atoms with Gasteiger partial charge in [-0.25, -0.2) is 0 Å². The van der Waals surface area contributed by atoms with Crippen molar-refractivity contribution in [2.45, 2.75) is 0 Å². The van der Waals surface area contributed by atoms with Crippen LogP contribution in [0.25, 0.3) is 82.5 Å². The summed E-state index contributed by atoms with van der Waals surface area (Å²) in [6, 6.07) is 35.8. The average molecular weight is 582 g/mol. The molecule has 0 aliphatic carbocycles. The van der Waals surface area contributed by atoms with Crippen molar-refractivity contribution in [1.29, 1.82) is 0 Å². The molecule has 0 saturated carbocycles. The van der Waals surface area contributed by atoms with E-state index in [1.54, 1.807) is 4.57 Å². The predicted octanol–water partition coefficient (Wildman–Crippen LogP) is 11.0. The van der Waals surface area contributed by atoms with E-state index >= 15 is 0 Å². The first-order valence-corrected chi connectivity index (χ1v) is 14.8. The summed E-state index contributed by atoms with van der Waals surface area (Å²) in [7, 11) is 0. The fraction of sp³-hybridized carbons (Fsp3) is 0. The normalized spacial score (nSPS) is 14.5. The van der Waals surface area contributed by atoms with Crippen LogP contribution in [-0.4, -0.2) is 13.7 Å². The van der Waals surface area contributed by atoms with Crippen LogP contribution in [0.3, 0.4) is 0 Å². The first-order chi connectivity index (χ1) is 25.7. The largest absolute Gasteiger partial charge is 0.309 e. The van der Waals surface area contributed by atoms with Gasteiger partial charge in [0, 0.05) is 43.7 Å². The van der Waals surface area contributed by atoms with Crippen molar-refractivity contribution >= 4 is 65.4 Å². The second-order valence-electron chi connectivity index (χ2n) is 11.2. The zero-order valence-electron chi connectivity index (χ0n) is 31.8. The average Bonchev–Trinajstić information content (AvgIpc) is 3.84. The summed E-state index contributed by atoms with van der Waals surface area (Å²) in [5, 5.41) is 4.14. The molecule has 0 radical (unpaired) electrons. The monoisotopic (exact) mass is 581 g/mol. The Kier molecular flexibility index (Phi) is 3.67. The summed E-state index contributed by atoms with van der Waals surface area (Å²) in [6.45, 7) is 0. The first-order valence-electron chi connectivity index (χ1n) is 18.8. The Labute approximate surface area is 270 Å². The fourth-order valence-corrected chi connectivity index (χ4v) is 7.08. The minimum Gasteiger partial charge on any atom is -0.309 e. The molecule has 210 valence electrons. The molecule has 3 nitrogen and oxygen atoms in total. The lowest BCUT2D eigenvalue weighted by Crippen LogP contribution is -1.97. The second-order valence-corrected chi connectivity index (χ2v) is 11.2.